The standard InChI is InChI=1S/C12H21O7P.C4H8O2/c1-4-7-10(13)17-20(16,18-11(14)8-5-2)19-12(15)9-6-3;1-2-3-4(5)6/h4-9H2,1-3H3;2-3H2,1H3,(H,5,6). The Morgan fingerprint density at radius 3 is 1.08 bits per heavy atom. The van der Waals surface area contributed by atoms with E-state index < -0.39 is 31.7 Å². The fraction of sp³-hybridized carbons (Fsp3) is 0.750. The van der Waals surface area contributed by atoms with Gasteiger partial charge in [0.15, 0.2) is 0 Å². The molecule has 0 unspecified atom stereocenters. The molecule has 0 amide bonds. The third-order valence-electron chi connectivity index (χ3n) is 2.47. The zero-order chi connectivity index (χ0) is 20.6. The second-order valence-electron chi connectivity index (χ2n) is 5.23. The Morgan fingerprint density at radius 2 is 0.923 bits per heavy atom. The maximum atomic E-state index is 12.1. The van der Waals surface area contributed by atoms with Crippen molar-refractivity contribution in [2.24, 2.45) is 0 Å². The number of carbonyl (C=O) groups is 4. The van der Waals surface area contributed by atoms with E-state index in [9.17, 15) is 23.7 Å². The highest BCUT2D eigenvalue weighted by Crippen LogP contribution is 2.50. The van der Waals surface area contributed by atoms with Crippen molar-refractivity contribution in [2.45, 2.75) is 79.1 Å². The van der Waals surface area contributed by atoms with E-state index in [1.54, 1.807) is 20.8 Å². The number of aliphatic carboxylic acids is 1. The molecule has 0 aliphatic rings. The van der Waals surface area contributed by atoms with Crippen LogP contribution in [0.4, 0.5) is 0 Å². The Kier molecular flexibility index (Phi) is 15.6. The minimum Gasteiger partial charge on any atom is -0.481 e. The summed E-state index contributed by atoms with van der Waals surface area (Å²) in [5.41, 5.74) is 0. The molecular weight excluding hydrogens is 367 g/mol. The first-order valence-corrected chi connectivity index (χ1v) is 10.1. The first-order valence-electron chi connectivity index (χ1n) is 8.63. The SMILES string of the molecule is CCCC(=O)O.CCCC(=O)OP(=O)(OC(=O)CCC)OC(=O)CCC. The molecule has 10 heteroatoms. The van der Waals surface area contributed by atoms with E-state index in [1.807, 2.05) is 6.92 Å². The second kappa shape index (κ2) is 15.4. The number of carbonyl (C=O) groups excluding carboxylic acids is 3. The number of phosphoric ester groups is 1. The maximum absolute atomic E-state index is 12.1. The van der Waals surface area contributed by atoms with E-state index in [-0.39, 0.29) is 19.3 Å². The molecule has 0 aliphatic carbocycles. The molecule has 0 radical (unpaired) electrons. The van der Waals surface area contributed by atoms with Gasteiger partial charge in [0.05, 0.1) is 0 Å². The lowest BCUT2D eigenvalue weighted by molar-refractivity contribution is -0.145. The van der Waals surface area contributed by atoms with E-state index >= 15 is 0 Å². The Hall–Kier alpha value is -1.89. The Bertz CT molecular complexity index is 445. The lowest BCUT2D eigenvalue weighted by Gasteiger charge is -2.16. The molecule has 0 atom stereocenters. The summed E-state index contributed by atoms with van der Waals surface area (Å²) < 4.78 is 25.8. The van der Waals surface area contributed by atoms with Crippen molar-refractivity contribution in [3.8, 4) is 0 Å². The van der Waals surface area contributed by atoms with Crippen molar-refractivity contribution in [2.75, 3.05) is 0 Å². The number of rotatable bonds is 11. The molecule has 0 aliphatic heterocycles. The summed E-state index contributed by atoms with van der Waals surface area (Å²) in [4.78, 5) is 43.7. The Morgan fingerprint density at radius 1 is 0.654 bits per heavy atom. The Labute approximate surface area is 154 Å². The number of carboxylic acids is 1. The summed E-state index contributed by atoms with van der Waals surface area (Å²) in [7, 11) is -4.53. The van der Waals surface area contributed by atoms with Crippen molar-refractivity contribution < 1.29 is 42.4 Å². The third kappa shape index (κ3) is 15.6. The third-order valence-corrected chi connectivity index (χ3v) is 3.75. The smallest absolute Gasteiger partial charge is 0.481 e. The molecule has 0 bridgehead atoms. The summed E-state index contributed by atoms with van der Waals surface area (Å²) in [5, 5.41) is 7.91. The van der Waals surface area contributed by atoms with Crippen LogP contribution in [-0.2, 0) is 37.3 Å². The van der Waals surface area contributed by atoms with Gasteiger partial charge in [0.25, 0.3) is 0 Å². The van der Waals surface area contributed by atoms with Gasteiger partial charge < -0.3 is 18.7 Å². The van der Waals surface area contributed by atoms with E-state index in [4.69, 9.17) is 5.11 Å². The van der Waals surface area contributed by atoms with E-state index in [0.29, 0.717) is 25.7 Å². The summed E-state index contributed by atoms with van der Waals surface area (Å²) in [5.74, 6) is -3.24. The van der Waals surface area contributed by atoms with Crippen LogP contribution >= 0.6 is 7.82 Å². The van der Waals surface area contributed by atoms with Crippen molar-refractivity contribution in [3.05, 3.63) is 0 Å². The summed E-state index contributed by atoms with van der Waals surface area (Å²) in [6.45, 7) is 7.00. The van der Waals surface area contributed by atoms with Gasteiger partial charge in [-0.2, -0.15) is 4.57 Å². The van der Waals surface area contributed by atoms with Crippen molar-refractivity contribution in [1.29, 1.82) is 0 Å². The van der Waals surface area contributed by atoms with Gasteiger partial charge in [0.1, 0.15) is 0 Å². The molecule has 0 saturated carbocycles. The van der Waals surface area contributed by atoms with Crippen LogP contribution in [0, 0.1) is 0 Å². The van der Waals surface area contributed by atoms with Crippen LogP contribution < -0.4 is 0 Å². The highest BCUT2D eigenvalue weighted by Gasteiger charge is 2.38. The number of carboxylic acid groups (broad SMARTS) is 1. The zero-order valence-corrected chi connectivity index (χ0v) is 16.7. The fourth-order valence-electron chi connectivity index (χ4n) is 1.39. The highest BCUT2D eigenvalue weighted by atomic mass is 31.2. The highest BCUT2D eigenvalue weighted by molar-refractivity contribution is 7.50. The second-order valence-corrected chi connectivity index (χ2v) is 6.67. The van der Waals surface area contributed by atoms with Gasteiger partial charge in [-0.25, -0.2) is 0 Å². The molecule has 0 aromatic heterocycles. The first-order chi connectivity index (χ1) is 12.1. The molecule has 0 fully saturated rings. The molecule has 0 aromatic rings. The molecule has 0 rings (SSSR count). The predicted molar refractivity (Wildman–Crippen MR) is 93.2 cm³/mol. The minimum absolute atomic E-state index is 0.0132. The molecule has 0 spiro atoms. The van der Waals surface area contributed by atoms with Gasteiger partial charge in [-0.05, 0) is 25.7 Å². The first kappa shape index (κ1) is 26.3. The minimum atomic E-state index is -4.53. The van der Waals surface area contributed by atoms with Crippen molar-refractivity contribution >= 4 is 31.7 Å². The molecule has 9 nitrogen and oxygen atoms in total. The lowest BCUT2D eigenvalue weighted by Crippen LogP contribution is -2.13. The van der Waals surface area contributed by atoms with Gasteiger partial charge in [0, 0.05) is 25.7 Å². The van der Waals surface area contributed by atoms with Crippen LogP contribution in [0.5, 0.6) is 0 Å². The van der Waals surface area contributed by atoms with Crippen LogP contribution in [0.25, 0.3) is 0 Å². The zero-order valence-electron chi connectivity index (χ0n) is 15.8. The monoisotopic (exact) mass is 396 g/mol. The molecular formula is C16H29O9P. The number of hydrogen-bond acceptors (Lipinski definition) is 8. The van der Waals surface area contributed by atoms with Crippen LogP contribution in [-0.4, -0.2) is 29.0 Å². The Balaban J connectivity index is 0. The molecule has 0 aromatic carbocycles. The topological polar surface area (TPSA) is 133 Å². The van der Waals surface area contributed by atoms with E-state index in [0.717, 1.165) is 6.42 Å². The molecule has 1 N–H and O–H groups in total. The van der Waals surface area contributed by atoms with Crippen molar-refractivity contribution in [1.82, 2.24) is 0 Å². The average molecular weight is 396 g/mol. The normalized spacial score (nSPS) is 10.2. The molecule has 152 valence electrons. The predicted octanol–water partition coefficient (Wildman–Crippen LogP) is 4.00. The maximum Gasteiger partial charge on any atom is 0.653 e. The van der Waals surface area contributed by atoms with Gasteiger partial charge in [-0.15, -0.1) is 0 Å². The number of hydrogen-bond donors (Lipinski definition) is 1. The fourth-order valence-corrected chi connectivity index (χ4v) is 2.53. The van der Waals surface area contributed by atoms with Crippen LogP contribution in [0.15, 0.2) is 0 Å². The summed E-state index contributed by atoms with van der Waals surface area (Å²) in [6, 6.07) is 0. The van der Waals surface area contributed by atoms with Crippen molar-refractivity contribution in [3.63, 3.8) is 0 Å². The van der Waals surface area contributed by atoms with Crippen LogP contribution in [0.1, 0.15) is 79.1 Å². The number of phosphoric acid groups is 1. The van der Waals surface area contributed by atoms with Gasteiger partial charge in [-0.3, -0.25) is 19.2 Å². The van der Waals surface area contributed by atoms with Crippen LogP contribution in [0.2, 0.25) is 0 Å². The van der Waals surface area contributed by atoms with Gasteiger partial charge in [0.2, 0.25) is 0 Å². The summed E-state index contributed by atoms with van der Waals surface area (Å²) >= 11 is 0. The molecule has 0 heterocycles. The lowest BCUT2D eigenvalue weighted by atomic mass is 10.3. The van der Waals surface area contributed by atoms with E-state index in [2.05, 4.69) is 13.6 Å². The van der Waals surface area contributed by atoms with Crippen LogP contribution in [0.3, 0.4) is 0 Å². The van der Waals surface area contributed by atoms with E-state index in [1.165, 1.54) is 0 Å². The molecule has 26 heavy (non-hydrogen) atoms. The molecule has 0 saturated heterocycles. The average Bonchev–Trinajstić information content (AvgIpc) is 2.47. The quantitative estimate of drug-likeness (QED) is 0.514. The largest absolute Gasteiger partial charge is 0.653 e. The summed E-state index contributed by atoms with van der Waals surface area (Å²) in [6.07, 6.45) is 2.37. The van der Waals surface area contributed by atoms with Gasteiger partial charge >= 0.3 is 31.7 Å². The van der Waals surface area contributed by atoms with Gasteiger partial charge in [-0.1, -0.05) is 27.7 Å².